The van der Waals surface area contributed by atoms with E-state index in [0.717, 1.165) is 44.9 Å². The fourth-order valence-corrected chi connectivity index (χ4v) is 9.34. The number of hydrogen-bond acceptors (Lipinski definition) is 5. The predicted octanol–water partition coefficient (Wildman–Crippen LogP) is 18.6. The average molecular weight is 945 g/mol. The first-order valence-electron chi connectivity index (χ1n) is 30.1. The molecular formula is C61H117NO5. The Kier molecular flexibility index (Phi) is 55.5. The van der Waals surface area contributed by atoms with Crippen molar-refractivity contribution in [3.63, 3.8) is 0 Å². The number of unbranched alkanes of at least 4 members (excludes halogenated alkanes) is 43. The van der Waals surface area contributed by atoms with Crippen LogP contribution in [0.3, 0.4) is 0 Å². The molecule has 0 aromatic rings. The summed E-state index contributed by atoms with van der Waals surface area (Å²) in [6, 6.07) is -0.629. The van der Waals surface area contributed by atoms with Crippen LogP contribution >= 0.6 is 0 Å². The second-order valence-electron chi connectivity index (χ2n) is 20.7. The topological polar surface area (TPSA) is 95.9 Å². The van der Waals surface area contributed by atoms with E-state index in [4.69, 9.17) is 4.74 Å². The Morgan fingerprint density at radius 3 is 1.06 bits per heavy atom. The van der Waals surface area contributed by atoms with Crippen molar-refractivity contribution in [1.29, 1.82) is 0 Å². The maximum atomic E-state index is 12.4. The van der Waals surface area contributed by atoms with Crippen LogP contribution in [0.2, 0.25) is 0 Å². The fourth-order valence-electron chi connectivity index (χ4n) is 9.34. The molecule has 0 radical (unpaired) electrons. The molecule has 6 heteroatoms. The Morgan fingerprint density at radius 2 is 0.701 bits per heavy atom. The molecule has 0 aliphatic heterocycles. The van der Waals surface area contributed by atoms with E-state index in [9.17, 15) is 19.8 Å². The predicted molar refractivity (Wildman–Crippen MR) is 292 cm³/mol. The van der Waals surface area contributed by atoms with Crippen molar-refractivity contribution in [3.05, 3.63) is 24.3 Å². The first kappa shape index (κ1) is 65.3. The van der Waals surface area contributed by atoms with Crippen LogP contribution in [-0.2, 0) is 14.3 Å². The van der Waals surface area contributed by atoms with Crippen LogP contribution in [0.25, 0.3) is 0 Å². The van der Waals surface area contributed by atoms with E-state index < -0.39 is 12.1 Å². The highest BCUT2D eigenvalue weighted by Crippen LogP contribution is 2.17. The lowest BCUT2D eigenvalue weighted by Gasteiger charge is -2.20. The van der Waals surface area contributed by atoms with Gasteiger partial charge in [-0.2, -0.15) is 0 Å². The lowest BCUT2D eigenvalue weighted by Crippen LogP contribution is -2.45. The molecule has 396 valence electrons. The highest BCUT2D eigenvalue weighted by Gasteiger charge is 2.18. The Labute approximate surface area is 418 Å². The number of nitrogens with one attached hydrogen (secondary N) is 1. The smallest absolute Gasteiger partial charge is 0.305 e. The molecule has 0 bridgehead atoms. The summed E-state index contributed by atoms with van der Waals surface area (Å²) in [5, 5.41) is 23.0. The molecule has 0 rings (SSSR count). The highest BCUT2D eigenvalue weighted by atomic mass is 16.5. The van der Waals surface area contributed by atoms with Gasteiger partial charge in [0.25, 0.3) is 0 Å². The van der Waals surface area contributed by atoms with Crippen molar-refractivity contribution in [2.24, 2.45) is 0 Å². The molecule has 0 aliphatic rings. The van der Waals surface area contributed by atoms with Gasteiger partial charge in [-0.3, -0.25) is 9.59 Å². The van der Waals surface area contributed by atoms with Gasteiger partial charge < -0.3 is 20.3 Å². The normalized spacial score (nSPS) is 12.7. The number of hydrogen-bond donors (Lipinski definition) is 3. The summed E-state index contributed by atoms with van der Waals surface area (Å²) < 4.78 is 5.50. The monoisotopic (exact) mass is 944 g/mol. The number of aliphatic hydroxyl groups is 2. The molecule has 1 amide bonds. The number of ether oxygens (including phenoxy) is 1. The van der Waals surface area contributed by atoms with E-state index in [1.165, 1.54) is 257 Å². The number of amides is 1. The number of allylic oxidation sites excluding steroid dienone is 3. The van der Waals surface area contributed by atoms with Crippen molar-refractivity contribution in [2.45, 2.75) is 341 Å². The third kappa shape index (κ3) is 53.5. The van der Waals surface area contributed by atoms with Crippen LogP contribution < -0.4 is 5.32 Å². The van der Waals surface area contributed by atoms with Gasteiger partial charge in [0.2, 0.25) is 5.91 Å². The number of rotatable bonds is 56. The summed E-state index contributed by atoms with van der Waals surface area (Å²) >= 11 is 0. The van der Waals surface area contributed by atoms with Crippen LogP contribution in [0.1, 0.15) is 328 Å². The molecule has 2 unspecified atom stereocenters. The molecule has 6 nitrogen and oxygen atoms in total. The van der Waals surface area contributed by atoms with Gasteiger partial charge in [0.05, 0.1) is 25.4 Å². The van der Waals surface area contributed by atoms with Crippen LogP contribution in [-0.4, -0.2) is 47.4 Å². The molecule has 2 atom stereocenters. The summed E-state index contributed by atoms with van der Waals surface area (Å²) in [5.74, 6) is -0.0627. The fraction of sp³-hybridized carbons (Fsp3) is 0.902. The number of carbonyl (C=O) groups excluding carboxylic acids is 2. The average Bonchev–Trinajstić information content (AvgIpc) is 3.33. The Balaban J connectivity index is 3.38. The van der Waals surface area contributed by atoms with Gasteiger partial charge in [0, 0.05) is 12.8 Å². The van der Waals surface area contributed by atoms with Gasteiger partial charge in [-0.15, -0.1) is 0 Å². The minimum absolute atomic E-state index is 0.00804. The standard InChI is InChI=1S/C61H117NO5/c1-3-5-7-9-11-13-15-17-18-19-21-25-28-31-35-39-43-47-51-55-61(66)67-56-52-48-44-40-36-32-29-26-23-20-22-24-27-30-34-38-42-46-50-54-60(65)62-58(57-63)59(64)53-49-45-41-37-33-16-14-12-10-8-6-4-2/h17-18,49,53,58-59,63-64H,3-16,19-48,50-52,54-57H2,1-2H3,(H,62,65)/b18-17-,53-49+. The third-order valence-electron chi connectivity index (χ3n) is 14.0. The highest BCUT2D eigenvalue weighted by molar-refractivity contribution is 5.76. The molecule has 0 heterocycles. The number of carbonyl (C=O) groups is 2. The van der Waals surface area contributed by atoms with Crippen molar-refractivity contribution < 1.29 is 24.5 Å². The minimum atomic E-state index is -0.845. The van der Waals surface area contributed by atoms with E-state index in [1.807, 2.05) is 6.08 Å². The quantitative estimate of drug-likeness (QED) is 0.0321. The summed E-state index contributed by atoms with van der Waals surface area (Å²) in [7, 11) is 0. The first-order chi connectivity index (χ1) is 33.0. The summed E-state index contributed by atoms with van der Waals surface area (Å²) in [5.41, 5.74) is 0. The van der Waals surface area contributed by atoms with Crippen molar-refractivity contribution in [3.8, 4) is 0 Å². The molecule has 0 saturated heterocycles. The lowest BCUT2D eigenvalue weighted by atomic mass is 10.0. The van der Waals surface area contributed by atoms with Crippen molar-refractivity contribution in [2.75, 3.05) is 13.2 Å². The maximum absolute atomic E-state index is 12.4. The SMILES string of the molecule is CCCCCCCC/C=C\CCCCCCCCCCCC(=O)OCCCCCCCCCCCCCCCCCCCCCC(=O)NC(CO)C(O)/C=C/CCCCCCCCCCCC. The zero-order valence-corrected chi connectivity index (χ0v) is 45.1. The minimum Gasteiger partial charge on any atom is -0.466 e. The summed E-state index contributed by atoms with van der Waals surface area (Å²) in [6.45, 7) is 4.90. The molecule has 0 aromatic carbocycles. The molecule has 0 aromatic heterocycles. The largest absolute Gasteiger partial charge is 0.466 e. The molecule has 0 saturated carbocycles. The van der Waals surface area contributed by atoms with Gasteiger partial charge in [0.15, 0.2) is 0 Å². The van der Waals surface area contributed by atoms with E-state index in [2.05, 4.69) is 31.3 Å². The van der Waals surface area contributed by atoms with Crippen molar-refractivity contribution in [1.82, 2.24) is 5.32 Å². The second-order valence-corrected chi connectivity index (χ2v) is 20.7. The van der Waals surface area contributed by atoms with E-state index in [-0.39, 0.29) is 18.5 Å². The van der Waals surface area contributed by atoms with Crippen LogP contribution in [0.4, 0.5) is 0 Å². The van der Waals surface area contributed by atoms with Crippen LogP contribution in [0, 0.1) is 0 Å². The van der Waals surface area contributed by atoms with Crippen LogP contribution in [0.15, 0.2) is 24.3 Å². The van der Waals surface area contributed by atoms with Gasteiger partial charge in [-0.25, -0.2) is 0 Å². The molecule has 3 N–H and O–H groups in total. The summed E-state index contributed by atoms with van der Waals surface area (Å²) in [4.78, 5) is 24.5. The third-order valence-corrected chi connectivity index (χ3v) is 14.0. The van der Waals surface area contributed by atoms with Gasteiger partial charge in [-0.05, 0) is 57.8 Å². The first-order valence-corrected chi connectivity index (χ1v) is 30.1. The molecule has 0 fully saturated rings. The Morgan fingerprint density at radius 1 is 0.403 bits per heavy atom. The molecule has 67 heavy (non-hydrogen) atoms. The van der Waals surface area contributed by atoms with E-state index in [0.29, 0.717) is 19.4 Å². The Bertz CT molecular complexity index is 1040. The molecular weight excluding hydrogens is 827 g/mol. The number of aliphatic hydroxyl groups excluding tert-OH is 2. The summed E-state index contributed by atoms with van der Waals surface area (Å²) in [6.07, 6.45) is 69.2. The zero-order chi connectivity index (χ0) is 48.6. The number of esters is 1. The van der Waals surface area contributed by atoms with Gasteiger partial charge in [0.1, 0.15) is 0 Å². The van der Waals surface area contributed by atoms with Gasteiger partial charge in [-0.1, -0.05) is 282 Å². The lowest BCUT2D eigenvalue weighted by molar-refractivity contribution is -0.143. The molecule has 0 aliphatic carbocycles. The molecule has 0 spiro atoms. The maximum Gasteiger partial charge on any atom is 0.305 e. The van der Waals surface area contributed by atoms with Crippen LogP contribution in [0.5, 0.6) is 0 Å². The van der Waals surface area contributed by atoms with E-state index in [1.54, 1.807) is 6.08 Å². The zero-order valence-electron chi connectivity index (χ0n) is 45.1. The van der Waals surface area contributed by atoms with E-state index >= 15 is 0 Å². The van der Waals surface area contributed by atoms with Gasteiger partial charge >= 0.3 is 5.97 Å². The van der Waals surface area contributed by atoms with Crippen molar-refractivity contribution >= 4 is 11.9 Å². The second kappa shape index (κ2) is 56.9. The Hall–Kier alpha value is -1.66.